The molecule has 0 saturated heterocycles. The number of rotatable bonds is 5. The fourth-order valence-corrected chi connectivity index (χ4v) is 5.14. The predicted octanol–water partition coefficient (Wildman–Crippen LogP) is 5.30. The molecule has 0 aliphatic heterocycles. The van der Waals surface area contributed by atoms with Crippen LogP contribution in [0.5, 0.6) is 0 Å². The van der Waals surface area contributed by atoms with E-state index in [-0.39, 0.29) is 39.3 Å². The molecule has 1 fully saturated rings. The molecule has 186 valence electrons. The van der Waals surface area contributed by atoms with E-state index in [9.17, 15) is 9.59 Å². The number of hydrogen-bond donors (Lipinski definition) is 4. The Hall–Kier alpha value is -2.84. The smallest absolute Gasteiger partial charge is 0.229 e. The fourth-order valence-electron chi connectivity index (χ4n) is 4.72. The standard InChI is InChI=1S/C27H34N4O2S2/c1-15-9-7-10-16(2)22(15)29-25(34)28-21(32)14-19-13-20(27(19,5)6)24(33)31-26(35)30-23-17(3)11-8-12-18(23)4/h7-12,19-20H,13-14H2,1-6H3,(H2,28,29,32,34)(H2,30,31,33,35). The van der Waals surface area contributed by atoms with Crippen molar-refractivity contribution in [3.05, 3.63) is 58.7 Å². The highest BCUT2D eigenvalue weighted by Gasteiger charge is 2.52. The molecule has 2 aromatic rings. The van der Waals surface area contributed by atoms with Crippen LogP contribution in [0, 0.1) is 44.9 Å². The largest absolute Gasteiger partial charge is 0.332 e. The van der Waals surface area contributed by atoms with Crippen LogP contribution in [0.25, 0.3) is 0 Å². The molecule has 6 nitrogen and oxygen atoms in total. The van der Waals surface area contributed by atoms with Crippen LogP contribution in [0.4, 0.5) is 11.4 Å². The highest BCUT2D eigenvalue weighted by molar-refractivity contribution is 7.80. The summed E-state index contributed by atoms with van der Waals surface area (Å²) in [6.07, 6.45) is 0.922. The van der Waals surface area contributed by atoms with Gasteiger partial charge in [-0.1, -0.05) is 50.2 Å². The lowest BCUT2D eigenvalue weighted by molar-refractivity contribution is -0.143. The summed E-state index contributed by atoms with van der Waals surface area (Å²) in [6.45, 7) is 12.0. The van der Waals surface area contributed by atoms with Crippen LogP contribution in [0.1, 0.15) is 48.9 Å². The number of carbonyl (C=O) groups is 2. The highest BCUT2D eigenvalue weighted by Crippen LogP contribution is 2.52. The van der Waals surface area contributed by atoms with E-state index in [2.05, 4.69) is 21.3 Å². The lowest BCUT2D eigenvalue weighted by atomic mass is 9.53. The van der Waals surface area contributed by atoms with Crippen molar-refractivity contribution >= 4 is 57.8 Å². The number of amides is 2. The number of aryl methyl sites for hydroxylation is 4. The fraction of sp³-hybridized carbons (Fsp3) is 0.407. The van der Waals surface area contributed by atoms with Crippen LogP contribution >= 0.6 is 24.4 Å². The SMILES string of the molecule is Cc1cccc(C)c1NC(=S)NC(=O)CC1CC(C(=O)NC(=S)Nc2c(C)cccc2C)C1(C)C. The van der Waals surface area contributed by atoms with Crippen LogP contribution in [0.3, 0.4) is 0 Å². The summed E-state index contributed by atoms with van der Waals surface area (Å²) in [4.78, 5) is 25.6. The second kappa shape index (κ2) is 10.8. The van der Waals surface area contributed by atoms with Gasteiger partial charge in [-0.2, -0.15) is 0 Å². The van der Waals surface area contributed by atoms with E-state index in [1.807, 2.05) is 77.9 Å². The Morgan fingerprint density at radius 2 is 1.26 bits per heavy atom. The van der Waals surface area contributed by atoms with Crippen molar-refractivity contribution in [2.75, 3.05) is 10.6 Å². The lowest BCUT2D eigenvalue weighted by Gasteiger charge is -2.51. The molecule has 8 heteroatoms. The zero-order valence-corrected chi connectivity index (χ0v) is 22.8. The number of para-hydroxylation sites is 2. The van der Waals surface area contributed by atoms with E-state index >= 15 is 0 Å². The van der Waals surface area contributed by atoms with Gasteiger partial charge in [0.05, 0.1) is 0 Å². The van der Waals surface area contributed by atoms with E-state index in [4.69, 9.17) is 24.4 Å². The van der Waals surface area contributed by atoms with Crippen molar-refractivity contribution in [1.82, 2.24) is 10.6 Å². The molecule has 2 unspecified atom stereocenters. The van der Waals surface area contributed by atoms with Crippen molar-refractivity contribution in [2.24, 2.45) is 17.3 Å². The molecule has 1 saturated carbocycles. The topological polar surface area (TPSA) is 82.3 Å². The summed E-state index contributed by atoms with van der Waals surface area (Å²) in [5, 5.41) is 12.5. The molecule has 35 heavy (non-hydrogen) atoms. The van der Waals surface area contributed by atoms with Gasteiger partial charge in [-0.3, -0.25) is 9.59 Å². The Bertz CT molecular complexity index is 1140. The van der Waals surface area contributed by atoms with E-state index in [1.165, 1.54) is 0 Å². The van der Waals surface area contributed by atoms with Crippen LogP contribution in [-0.2, 0) is 9.59 Å². The van der Waals surface area contributed by atoms with Gasteiger partial charge in [0.1, 0.15) is 0 Å². The Morgan fingerprint density at radius 3 is 1.69 bits per heavy atom. The molecule has 1 aliphatic carbocycles. The number of benzene rings is 2. The first-order valence-corrected chi connectivity index (χ1v) is 12.6. The maximum Gasteiger partial charge on any atom is 0.229 e. The molecule has 1 aliphatic rings. The summed E-state index contributed by atoms with van der Waals surface area (Å²) in [7, 11) is 0. The quantitative estimate of drug-likeness (QED) is 0.409. The van der Waals surface area contributed by atoms with Crippen LogP contribution in [0.2, 0.25) is 0 Å². The molecule has 0 spiro atoms. The van der Waals surface area contributed by atoms with Crippen molar-refractivity contribution in [2.45, 2.75) is 54.4 Å². The highest BCUT2D eigenvalue weighted by atomic mass is 32.1. The molecule has 2 atom stereocenters. The summed E-state index contributed by atoms with van der Waals surface area (Å²) < 4.78 is 0. The Kier molecular flexibility index (Phi) is 8.28. The monoisotopic (exact) mass is 510 g/mol. The molecule has 2 aromatic carbocycles. The average molecular weight is 511 g/mol. The first kappa shape index (κ1) is 26.8. The summed E-state index contributed by atoms with van der Waals surface area (Å²) in [6, 6.07) is 11.9. The van der Waals surface area contributed by atoms with Gasteiger partial charge in [0.25, 0.3) is 0 Å². The van der Waals surface area contributed by atoms with Crippen LogP contribution in [-0.4, -0.2) is 22.0 Å². The maximum atomic E-state index is 12.9. The van der Waals surface area contributed by atoms with Crippen molar-refractivity contribution in [3.8, 4) is 0 Å². The third-order valence-electron chi connectivity index (χ3n) is 7.15. The second-order valence-corrected chi connectivity index (χ2v) is 10.8. The molecular formula is C27H34N4O2S2. The molecule has 2 amide bonds. The Balaban J connectivity index is 1.50. The predicted molar refractivity (Wildman–Crippen MR) is 151 cm³/mol. The normalized spacial score (nSPS) is 18.1. The molecule has 0 bridgehead atoms. The van der Waals surface area contributed by atoms with E-state index in [0.29, 0.717) is 12.8 Å². The molecular weight excluding hydrogens is 476 g/mol. The van der Waals surface area contributed by atoms with E-state index < -0.39 is 0 Å². The van der Waals surface area contributed by atoms with E-state index in [1.54, 1.807) is 0 Å². The third kappa shape index (κ3) is 6.24. The maximum absolute atomic E-state index is 12.9. The van der Waals surface area contributed by atoms with Gasteiger partial charge < -0.3 is 21.3 Å². The second-order valence-electron chi connectivity index (χ2n) is 9.99. The molecule has 3 rings (SSSR count). The number of anilines is 2. The third-order valence-corrected chi connectivity index (χ3v) is 7.56. The zero-order chi connectivity index (χ0) is 25.9. The Morgan fingerprint density at radius 1 is 0.829 bits per heavy atom. The first-order valence-electron chi connectivity index (χ1n) is 11.7. The van der Waals surface area contributed by atoms with Gasteiger partial charge in [-0.25, -0.2) is 0 Å². The number of thiocarbonyl (C=S) groups is 2. The Labute approximate surface area is 218 Å². The summed E-state index contributed by atoms with van der Waals surface area (Å²) in [5.74, 6) is -0.431. The number of hydrogen-bond acceptors (Lipinski definition) is 4. The van der Waals surface area contributed by atoms with Crippen molar-refractivity contribution in [3.63, 3.8) is 0 Å². The molecule has 4 N–H and O–H groups in total. The van der Waals surface area contributed by atoms with E-state index in [0.717, 1.165) is 33.6 Å². The number of carbonyl (C=O) groups excluding carboxylic acids is 2. The van der Waals surface area contributed by atoms with Crippen LogP contribution < -0.4 is 21.3 Å². The van der Waals surface area contributed by atoms with Gasteiger partial charge in [0.2, 0.25) is 11.8 Å². The van der Waals surface area contributed by atoms with Crippen molar-refractivity contribution in [1.29, 1.82) is 0 Å². The molecule has 0 radical (unpaired) electrons. The minimum absolute atomic E-state index is 0.0707. The summed E-state index contributed by atoms with van der Waals surface area (Å²) in [5.41, 5.74) is 5.70. The minimum atomic E-state index is -0.336. The van der Waals surface area contributed by atoms with Gasteiger partial charge >= 0.3 is 0 Å². The van der Waals surface area contributed by atoms with Crippen molar-refractivity contribution < 1.29 is 9.59 Å². The average Bonchev–Trinajstić information content (AvgIpc) is 2.76. The molecule has 0 aromatic heterocycles. The van der Waals surface area contributed by atoms with Crippen LogP contribution in [0.15, 0.2) is 36.4 Å². The molecule has 0 heterocycles. The van der Waals surface area contributed by atoms with Gasteiger partial charge in [-0.05, 0) is 92.1 Å². The first-order chi connectivity index (χ1) is 16.4. The van der Waals surface area contributed by atoms with Gasteiger partial charge in [0.15, 0.2) is 10.2 Å². The lowest BCUT2D eigenvalue weighted by Crippen LogP contribution is -2.55. The minimum Gasteiger partial charge on any atom is -0.332 e. The van der Waals surface area contributed by atoms with Gasteiger partial charge in [-0.15, -0.1) is 0 Å². The zero-order valence-electron chi connectivity index (χ0n) is 21.2. The van der Waals surface area contributed by atoms with Gasteiger partial charge in [0, 0.05) is 23.7 Å². The summed E-state index contributed by atoms with van der Waals surface area (Å²) >= 11 is 10.7. The number of nitrogens with one attached hydrogen (secondary N) is 4.